The molecule has 2 heterocycles. The van der Waals surface area contributed by atoms with Crippen LogP contribution in [0.4, 0.5) is 0 Å². The van der Waals surface area contributed by atoms with Gasteiger partial charge in [0.05, 0.1) is 13.2 Å². The average Bonchev–Trinajstić information content (AvgIpc) is 2.98. The van der Waals surface area contributed by atoms with Crippen LogP contribution in [-0.4, -0.2) is 27.5 Å². The summed E-state index contributed by atoms with van der Waals surface area (Å²) in [7, 11) is 0. The fraction of sp³-hybridized carbons (Fsp3) is 0.429. The van der Waals surface area contributed by atoms with Gasteiger partial charge in [-0.25, -0.2) is 9.67 Å². The second kappa shape index (κ2) is 4.91. The van der Waals surface area contributed by atoms with Crippen LogP contribution in [0.15, 0.2) is 24.8 Å². The molecule has 1 atom stereocenters. The summed E-state index contributed by atoms with van der Waals surface area (Å²) >= 11 is 0. The molecule has 0 bridgehead atoms. The molecule has 0 radical (unpaired) electrons. The highest BCUT2D eigenvalue weighted by Gasteiger charge is 2.21. The molecule has 19 heavy (non-hydrogen) atoms. The molecule has 0 unspecified atom stereocenters. The summed E-state index contributed by atoms with van der Waals surface area (Å²) in [5.74, 6) is 1.88. The van der Waals surface area contributed by atoms with Crippen molar-refractivity contribution in [3.8, 4) is 11.5 Å². The Bertz CT molecular complexity index is 566. The lowest BCUT2D eigenvalue weighted by Gasteiger charge is -2.12. The summed E-state index contributed by atoms with van der Waals surface area (Å²) < 4.78 is 13.3. The Morgan fingerprint density at radius 2 is 2.37 bits per heavy atom. The standard InChI is InChI=1S/C14H17N3O2/c1-3-18-13-5-11-4-10(2)19-14(11)6-12(13)7-17-9-15-8-16-17/h5-6,8-10H,3-4,7H2,1-2H3/t10-/m0/s1. The fourth-order valence-corrected chi connectivity index (χ4v) is 2.38. The summed E-state index contributed by atoms with van der Waals surface area (Å²) in [6.45, 7) is 5.36. The molecule has 0 N–H and O–H groups in total. The van der Waals surface area contributed by atoms with Gasteiger partial charge in [-0.05, 0) is 26.0 Å². The zero-order valence-electron chi connectivity index (χ0n) is 11.2. The van der Waals surface area contributed by atoms with Gasteiger partial charge >= 0.3 is 0 Å². The highest BCUT2D eigenvalue weighted by atomic mass is 16.5. The summed E-state index contributed by atoms with van der Waals surface area (Å²) in [5, 5.41) is 4.13. The number of hydrogen-bond donors (Lipinski definition) is 0. The first-order valence-electron chi connectivity index (χ1n) is 6.54. The Morgan fingerprint density at radius 1 is 1.47 bits per heavy atom. The van der Waals surface area contributed by atoms with Crippen molar-refractivity contribution in [3.05, 3.63) is 35.9 Å². The number of hydrogen-bond acceptors (Lipinski definition) is 4. The third kappa shape index (κ3) is 2.41. The van der Waals surface area contributed by atoms with Crippen molar-refractivity contribution in [1.82, 2.24) is 14.8 Å². The Hall–Kier alpha value is -2.04. The van der Waals surface area contributed by atoms with Gasteiger partial charge in [-0.3, -0.25) is 0 Å². The quantitative estimate of drug-likeness (QED) is 0.843. The largest absolute Gasteiger partial charge is 0.494 e. The number of fused-ring (bicyclic) bond motifs is 1. The van der Waals surface area contributed by atoms with E-state index in [9.17, 15) is 0 Å². The maximum atomic E-state index is 5.80. The maximum Gasteiger partial charge on any atom is 0.137 e. The van der Waals surface area contributed by atoms with E-state index in [1.54, 1.807) is 11.0 Å². The molecule has 0 aliphatic carbocycles. The number of nitrogens with zero attached hydrogens (tertiary/aromatic N) is 3. The zero-order chi connectivity index (χ0) is 13.2. The first kappa shape index (κ1) is 12.0. The van der Waals surface area contributed by atoms with Crippen LogP contribution in [0.25, 0.3) is 0 Å². The van der Waals surface area contributed by atoms with E-state index >= 15 is 0 Å². The minimum atomic E-state index is 0.242. The van der Waals surface area contributed by atoms with Crippen LogP contribution in [0.2, 0.25) is 0 Å². The van der Waals surface area contributed by atoms with Crippen molar-refractivity contribution in [3.63, 3.8) is 0 Å². The van der Waals surface area contributed by atoms with Crippen molar-refractivity contribution in [2.75, 3.05) is 6.61 Å². The van der Waals surface area contributed by atoms with E-state index in [1.807, 2.05) is 6.92 Å². The predicted molar refractivity (Wildman–Crippen MR) is 70.5 cm³/mol. The molecule has 0 saturated heterocycles. The van der Waals surface area contributed by atoms with E-state index in [4.69, 9.17) is 9.47 Å². The van der Waals surface area contributed by atoms with Gasteiger partial charge in [0.25, 0.3) is 0 Å². The number of ether oxygens (including phenoxy) is 2. The second-order valence-electron chi connectivity index (χ2n) is 4.73. The van der Waals surface area contributed by atoms with E-state index in [-0.39, 0.29) is 6.10 Å². The van der Waals surface area contributed by atoms with E-state index in [1.165, 1.54) is 11.9 Å². The Balaban J connectivity index is 1.95. The Morgan fingerprint density at radius 3 is 3.11 bits per heavy atom. The Kier molecular flexibility index (Phi) is 3.11. The molecule has 0 fully saturated rings. The lowest BCUT2D eigenvalue weighted by molar-refractivity contribution is 0.254. The topological polar surface area (TPSA) is 49.2 Å². The molecule has 0 amide bonds. The van der Waals surface area contributed by atoms with E-state index in [0.29, 0.717) is 13.2 Å². The molecule has 5 heteroatoms. The number of rotatable bonds is 4. The van der Waals surface area contributed by atoms with Crippen LogP contribution in [0.1, 0.15) is 25.0 Å². The van der Waals surface area contributed by atoms with Crippen molar-refractivity contribution in [2.45, 2.75) is 32.9 Å². The summed E-state index contributed by atoms with van der Waals surface area (Å²) in [4.78, 5) is 3.96. The van der Waals surface area contributed by atoms with Gasteiger partial charge in [0.15, 0.2) is 0 Å². The Labute approximate surface area is 112 Å². The monoisotopic (exact) mass is 259 g/mol. The first-order valence-corrected chi connectivity index (χ1v) is 6.54. The molecular formula is C14H17N3O2. The highest BCUT2D eigenvalue weighted by molar-refractivity contribution is 5.48. The predicted octanol–water partition coefficient (Wildman–Crippen LogP) is 2.05. The molecule has 3 rings (SSSR count). The third-order valence-corrected chi connectivity index (χ3v) is 3.18. The van der Waals surface area contributed by atoms with E-state index in [0.717, 1.165) is 23.5 Å². The average molecular weight is 259 g/mol. The van der Waals surface area contributed by atoms with Gasteiger partial charge in [0.1, 0.15) is 30.3 Å². The first-order chi connectivity index (χ1) is 9.26. The van der Waals surface area contributed by atoms with Gasteiger partial charge in [-0.1, -0.05) is 0 Å². The minimum absolute atomic E-state index is 0.242. The van der Waals surface area contributed by atoms with E-state index < -0.39 is 0 Å². The lowest BCUT2D eigenvalue weighted by atomic mass is 10.1. The van der Waals surface area contributed by atoms with Crippen LogP contribution < -0.4 is 9.47 Å². The van der Waals surface area contributed by atoms with Gasteiger partial charge in [0, 0.05) is 17.5 Å². The minimum Gasteiger partial charge on any atom is -0.494 e. The van der Waals surface area contributed by atoms with Crippen molar-refractivity contribution >= 4 is 0 Å². The zero-order valence-corrected chi connectivity index (χ0v) is 11.2. The molecular weight excluding hydrogens is 242 g/mol. The SMILES string of the molecule is CCOc1cc2c(cc1Cn1cncn1)O[C@@H](C)C2. The van der Waals surface area contributed by atoms with Crippen LogP contribution in [0.5, 0.6) is 11.5 Å². The molecule has 5 nitrogen and oxygen atoms in total. The normalized spacial score (nSPS) is 17.1. The molecule has 1 aliphatic rings. The van der Waals surface area contributed by atoms with E-state index in [2.05, 4.69) is 29.1 Å². The van der Waals surface area contributed by atoms with Crippen molar-refractivity contribution in [1.29, 1.82) is 0 Å². The molecule has 2 aromatic rings. The van der Waals surface area contributed by atoms with Crippen LogP contribution >= 0.6 is 0 Å². The smallest absolute Gasteiger partial charge is 0.137 e. The van der Waals surface area contributed by atoms with Gasteiger partial charge in [0.2, 0.25) is 0 Å². The lowest BCUT2D eigenvalue weighted by Crippen LogP contribution is -2.05. The summed E-state index contributed by atoms with van der Waals surface area (Å²) in [6, 6.07) is 4.15. The molecule has 1 aromatic carbocycles. The number of benzene rings is 1. The van der Waals surface area contributed by atoms with Crippen molar-refractivity contribution in [2.24, 2.45) is 0 Å². The summed E-state index contributed by atoms with van der Waals surface area (Å²) in [6.07, 6.45) is 4.42. The molecule has 0 saturated carbocycles. The fourth-order valence-electron chi connectivity index (χ4n) is 2.38. The maximum absolute atomic E-state index is 5.80. The molecule has 1 aliphatic heterocycles. The third-order valence-electron chi connectivity index (χ3n) is 3.18. The van der Waals surface area contributed by atoms with Crippen LogP contribution in [0.3, 0.4) is 0 Å². The van der Waals surface area contributed by atoms with Gasteiger partial charge < -0.3 is 9.47 Å². The molecule has 1 aromatic heterocycles. The summed E-state index contributed by atoms with van der Waals surface area (Å²) in [5.41, 5.74) is 2.29. The second-order valence-corrected chi connectivity index (χ2v) is 4.73. The highest BCUT2D eigenvalue weighted by Crippen LogP contribution is 2.35. The van der Waals surface area contributed by atoms with Gasteiger partial charge in [-0.15, -0.1) is 0 Å². The van der Waals surface area contributed by atoms with Crippen molar-refractivity contribution < 1.29 is 9.47 Å². The van der Waals surface area contributed by atoms with Crippen LogP contribution in [0, 0.1) is 0 Å². The molecule has 100 valence electrons. The van der Waals surface area contributed by atoms with Gasteiger partial charge in [-0.2, -0.15) is 5.10 Å². The molecule has 0 spiro atoms. The number of aromatic nitrogens is 3. The van der Waals surface area contributed by atoms with Crippen LogP contribution in [-0.2, 0) is 13.0 Å².